The van der Waals surface area contributed by atoms with E-state index in [1.54, 1.807) is 11.0 Å². The molecule has 1 fully saturated rings. The summed E-state index contributed by atoms with van der Waals surface area (Å²) in [6.07, 6.45) is 6.11. The molecule has 122 valence electrons. The van der Waals surface area contributed by atoms with Gasteiger partial charge in [0.25, 0.3) is 0 Å². The van der Waals surface area contributed by atoms with Gasteiger partial charge < -0.3 is 15.7 Å². The highest BCUT2D eigenvalue weighted by Crippen LogP contribution is 2.18. The highest BCUT2D eigenvalue weighted by molar-refractivity contribution is 5.74. The average Bonchev–Trinajstić information content (AvgIpc) is 3.10. The van der Waals surface area contributed by atoms with E-state index in [4.69, 9.17) is 0 Å². The van der Waals surface area contributed by atoms with Gasteiger partial charge in [-0.1, -0.05) is 12.1 Å². The van der Waals surface area contributed by atoms with E-state index in [1.807, 2.05) is 24.3 Å². The Morgan fingerprint density at radius 1 is 1.22 bits per heavy atom. The van der Waals surface area contributed by atoms with Crippen molar-refractivity contribution in [2.45, 2.75) is 44.4 Å². The number of urea groups is 1. The number of benzene rings is 1. The number of aliphatic hydroxyl groups excluding tert-OH is 1. The number of aromatic nitrogens is 3. The van der Waals surface area contributed by atoms with E-state index in [1.165, 1.54) is 6.33 Å². The molecule has 7 nitrogen and oxygen atoms in total. The van der Waals surface area contributed by atoms with Crippen molar-refractivity contribution >= 4 is 6.03 Å². The topological polar surface area (TPSA) is 92.1 Å². The Bertz CT molecular complexity index is 618. The number of amides is 2. The number of hydrogen-bond acceptors (Lipinski definition) is 4. The van der Waals surface area contributed by atoms with Gasteiger partial charge in [-0.15, -0.1) is 0 Å². The molecule has 0 atom stereocenters. The summed E-state index contributed by atoms with van der Waals surface area (Å²) in [6, 6.07) is 7.78. The van der Waals surface area contributed by atoms with Crippen LogP contribution in [0.25, 0.3) is 5.69 Å². The van der Waals surface area contributed by atoms with Crippen LogP contribution in [0.4, 0.5) is 4.79 Å². The second-order valence-electron chi connectivity index (χ2n) is 5.84. The molecule has 1 aliphatic rings. The molecule has 23 heavy (non-hydrogen) atoms. The molecule has 0 spiro atoms. The van der Waals surface area contributed by atoms with Gasteiger partial charge in [-0.3, -0.25) is 0 Å². The third-order valence-electron chi connectivity index (χ3n) is 4.10. The van der Waals surface area contributed by atoms with Gasteiger partial charge in [0.05, 0.1) is 11.8 Å². The van der Waals surface area contributed by atoms with Crippen LogP contribution >= 0.6 is 0 Å². The zero-order valence-electron chi connectivity index (χ0n) is 12.9. The van der Waals surface area contributed by atoms with Crippen molar-refractivity contribution in [1.82, 2.24) is 25.4 Å². The molecule has 0 bridgehead atoms. The Labute approximate surface area is 134 Å². The molecule has 2 aromatic rings. The van der Waals surface area contributed by atoms with Gasteiger partial charge in [-0.05, 0) is 43.4 Å². The lowest BCUT2D eigenvalue weighted by Crippen LogP contribution is -2.43. The molecular formula is C16H21N5O2. The van der Waals surface area contributed by atoms with Crippen LogP contribution in [0.15, 0.2) is 36.9 Å². The van der Waals surface area contributed by atoms with Crippen LogP contribution in [0, 0.1) is 0 Å². The fourth-order valence-electron chi connectivity index (χ4n) is 2.75. The fraction of sp³-hybridized carbons (Fsp3) is 0.438. The minimum atomic E-state index is -0.209. The van der Waals surface area contributed by atoms with Crippen molar-refractivity contribution in [2.75, 3.05) is 0 Å². The fourth-order valence-corrected chi connectivity index (χ4v) is 2.75. The lowest BCUT2D eigenvalue weighted by molar-refractivity contribution is 0.117. The lowest BCUT2D eigenvalue weighted by Gasteiger charge is -2.26. The van der Waals surface area contributed by atoms with Crippen molar-refractivity contribution in [1.29, 1.82) is 0 Å². The average molecular weight is 315 g/mol. The standard InChI is InChI=1S/C16H21N5O2/c22-15-7-3-13(4-8-15)20-16(23)18-9-12-1-5-14(6-2-12)21-11-17-10-19-21/h1-2,5-6,10-11,13,15,22H,3-4,7-9H2,(H2,18,20,23). The minimum Gasteiger partial charge on any atom is -0.393 e. The van der Waals surface area contributed by atoms with Crippen molar-refractivity contribution in [3.8, 4) is 5.69 Å². The number of nitrogens with zero attached hydrogens (tertiary/aromatic N) is 3. The minimum absolute atomic E-state index is 0.160. The van der Waals surface area contributed by atoms with Gasteiger partial charge in [0.2, 0.25) is 0 Å². The summed E-state index contributed by atoms with van der Waals surface area (Å²) in [5, 5.41) is 19.4. The van der Waals surface area contributed by atoms with Gasteiger partial charge in [0, 0.05) is 12.6 Å². The SMILES string of the molecule is O=C(NCc1ccc(-n2cncn2)cc1)NC1CCC(O)CC1. The normalized spacial score (nSPS) is 20.9. The van der Waals surface area contributed by atoms with Crippen molar-refractivity contribution < 1.29 is 9.90 Å². The molecule has 0 radical (unpaired) electrons. The number of hydrogen-bond donors (Lipinski definition) is 3. The molecule has 0 aliphatic heterocycles. The third kappa shape index (κ3) is 4.29. The molecule has 1 saturated carbocycles. The van der Waals surface area contributed by atoms with Gasteiger partial charge >= 0.3 is 6.03 Å². The monoisotopic (exact) mass is 315 g/mol. The van der Waals surface area contributed by atoms with Crippen LogP contribution in [0.5, 0.6) is 0 Å². The Morgan fingerprint density at radius 2 is 1.96 bits per heavy atom. The summed E-state index contributed by atoms with van der Waals surface area (Å²) in [4.78, 5) is 15.8. The first-order valence-electron chi connectivity index (χ1n) is 7.87. The number of carbonyl (C=O) groups excluding carboxylic acids is 1. The maximum Gasteiger partial charge on any atom is 0.315 e. The van der Waals surface area contributed by atoms with Gasteiger partial charge in [0.1, 0.15) is 12.7 Å². The van der Waals surface area contributed by atoms with E-state index >= 15 is 0 Å². The summed E-state index contributed by atoms with van der Waals surface area (Å²) in [5.74, 6) is 0. The lowest BCUT2D eigenvalue weighted by atomic mass is 9.93. The zero-order chi connectivity index (χ0) is 16.1. The molecule has 1 heterocycles. The molecule has 0 unspecified atom stereocenters. The van der Waals surface area contributed by atoms with Crippen LogP contribution in [0.3, 0.4) is 0 Å². The van der Waals surface area contributed by atoms with E-state index in [0.29, 0.717) is 6.54 Å². The van der Waals surface area contributed by atoms with E-state index in [9.17, 15) is 9.90 Å². The molecule has 3 N–H and O–H groups in total. The van der Waals surface area contributed by atoms with E-state index in [0.717, 1.165) is 36.9 Å². The van der Waals surface area contributed by atoms with Crippen LogP contribution in [-0.4, -0.2) is 38.0 Å². The molecule has 1 aromatic carbocycles. The molecular weight excluding hydrogens is 294 g/mol. The first-order chi connectivity index (χ1) is 11.2. The summed E-state index contributed by atoms with van der Waals surface area (Å²) in [5.41, 5.74) is 1.94. The third-order valence-corrected chi connectivity index (χ3v) is 4.10. The molecule has 1 aliphatic carbocycles. The highest BCUT2D eigenvalue weighted by atomic mass is 16.3. The van der Waals surface area contributed by atoms with E-state index in [2.05, 4.69) is 20.7 Å². The van der Waals surface area contributed by atoms with E-state index < -0.39 is 0 Å². The summed E-state index contributed by atoms with van der Waals surface area (Å²) >= 11 is 0. The predicted molar refractivity (Wildman–Crippen MR) is 85.0 cm³/mol. The highest BCUT2D eigenvalue weighted by Gasteiger charge is 2.20. The second-order valence-corrected chi connectivity index (χ2v) is 5.84. The Balaban J connectivity index is 1.45. The van der Waals surface area contributed by atoms with Crippen molar-refractivity contribution in [2.24, 2.45) is 0 Å². The molecule has 1 aromatic heterocycles. The molecule has 0 saturated heterocycles. The first-order valence-corrected chi connectivity index (χ1v) is 7.87. The number of nitrogens with one attached hydrogen (secondary N) is 2. The van der Waals surface area contributed by atoms with Gasteiger partial charge in [0.15, 0.2) is 0 Å². The van der Waals surface area contributed by atoms with Gasteiger partial charge in [-0.25, -0.2) is 14.5 Å². The molecule has 2 amide bonds. The Kier molecular flexibility index (Phi) is 4.87. The Morgan fingerprint density at radius 3 is 2.61 bits per heavy atom. The summed E-state index contributed by atoms with van der Waals surface area (Å²) < 4.78 is 1.68. The smallest absolute Gasteiger partial charge is 0.315 e. The number of carbonyl (C=O) groups is 1. The maximum atomic E-state index is 11.9. The van der Waals surface area contributed by atoms with E-state index in [-0.39, 0.29) is 18.2 Å². The van der Waals surface area contributed by atoms with Crippen LogP contribution in [-0.2, 0) is 6.54 Å². The Hall–Kier alpha value is -2.41. The molecule has 7 heteroatoms. The maximum absolute atomic E-state index is 11.9. The van der Waals surface area contributed by atoms with Crippen LogP contribution < -0.4 is 10.6 Å². The van der Waals surface area contributed by atoms with Gasteiger partial charge in [-0.2, -0.15) is 5.10 Å². The first kappa shape index (κ1) is 15.5. The van der Waals surface area contributed by atoms with Crippen molar-refractivity contribution in [3.63, 3.8) is 0 Å². The van der Waals surface area contributed by atoms with Crippen molar-refractivity contribution in [3.05, 3.63) is 42.5 Å². The predicted octanol–water partition coefficient (Wildman–Crippen LogP) is 1.37. The van der Waals surface area contributed by atoms with Crippen LogP contribution in [0.2, 0.25) is 0 Å². The zero-order valence-corrected chi connectivity index (χ0v) is 12.9. The quantitative estimate of drug-likeness (QED) is 0.794. The summed E-state index contributed by atoms with van der Waals surface area (Å²) in [7, 11) is 0. The second kappa shape index (κ2) is 7.23. The van der Waals surface area contributed by atoms with Crippen LogP contribution in [0.1, 0.15) is 31.2 Å². The molecule has 3 rings (SSSR count). The largest absolute Gasteiger partial charge is 0.393 e. The summed E-state index contributed by atoms with van der Waals surface area (Å²) in [6.45, 7) is 0.471. The number of rotatable bonds is 4. The number of aliphatic hydroxyl groups is 1.